The van der Waals surface area contributed by atoms with Crippen molar-refractivity contribution in [3.8, 4) is 70.4 Å². The molecule has 334 valence electrons. The van der Waals surface area contributed by atoms with Gasteiger partial charge < -0.3 is 18.9 Å². The Morgan fingerprint density at radius 1 is 0.303 bits per heavy atom. The standard InChI is InChI=1S/C60H56F2O4/c1-3-5-41-63-55-37-25-49(26-38-55)17-29-53-31-19-51(45-59(53)61)15-13-47-21-33-57(34-22-47)65-43-11-9-7-8-10-12-44-66-58-35-23-48(24-36-58)14-16-52-20-32-54(60(62)46-52)30-18-50-27-39-56(40-28-50)64-42-6-4-2/h19-28,31-40,45-46H,3-12,41-44H2,1-2H3. The number of hydrogen-bond acceptors (Lipinski definition) is 4. The Bertz CT molecular complexity index is 2500. The maximum atomic E-state index is 14.8. The summed E-state index contributed by atoms with van der Waals surface area (Å²) < 4.78 is 52.9. The van der Waals surface area contributed by atoms with Gasteiger partial charge in [-0.25, -0.2) is 8.78 Å². The van der Waals surface area contributed by atoms with Crippen LogP contribution in [0.3, 0.4) is 0 Å². The van der Waals surface area contributed by atoms with E-state index in [1.165, 1.54) is 12.1 Å². The molecule has 0 unspecified atom stereocenters. The first-order valence-corrected chi connectivity index (χ1v) is 23.0. The molecule has 6 rings (SSSR count). The monoisotopic (exact) mass is 878 g/mol. The van der Waals surface area contributed by atoms with Crippen molar-refractivity contribution in [1.29, 1.82) is 0 Å². The lowest BCUT2D eigenvalue weighted by atomic mass is 10.1. The topological polar surface area (TPSA) is 36.9 Å². The fourth-order valence-corrected chi connectivity index (χ4v) is 6.45. The van der Waals surface area contributed by atoms with E-state index in [1.807, 2.05) is 97.1 Å². The van der Waals surface area contributed by atoms with Crippen LogP contribution in [0, 0.1) is 59.0 Å². The third kappa shape index (κ3) is 17.0. The number of hydrogen-bond donors (Lipinski definition) is 0. The minimum Gasteiger partial charge on any atom is -0.494 e. The zero-order valence-corrected chi connectivity index (χ0v) is 38.0. The summed E-state index contributed by atoms with van der Waals surface area (Å²) in [6, 6.07) is 40.1. The van der Waals surface area contributed by atoms with Crippen molar-refractivity contribution in [3.63, 3.8) is 0 Å². The number of rotatable bonds is 19. The first-order valence-electron chi connectivity index (χ1n) is 23.0. The summed E-state index contributed by atoms with van der Waals surface area (Å²) in [5.41, 5.74) is 5.06. The van der Waals surface area contributed by atoms with Crippen LogP contribution >= 0.6 is 0 Å². The summed E-state index contributed by atoms with van der Waals surface area (Å²) in [4.78, 5) is 0. The molecule has 0 radical (unpaired) electrons. The minimum atomic E-state index is -0.400. The summed E-state index contributed by atoms with van der Waals surface area (Å²) in [6.45, 7) is 6.96. The second kappa shape index (κ2) is 27.1. The van der Waals surface area contributed by atoms with Crippen molar-refractivity contribution in [3.05, 3.63) is 190 Å². The molecule has 6 aromatic rings. The molecule has 0 aliphatic heterocycles. The zero-order valence-electron chi connectivity index (χ0n) is 38.0. The molecule has 0 saturated carbocycles. The van der Waals surface area contributed by atoms with Crippen LogP contribution in [0.1, 0.15) is 123 Å². The van der Waals surface area contributed by atoms with E-state index in [-0.39, 0.29) is 0 Å². The molecule has 0 N–H and O–H groups in total. The molecule has 0 aromatic heterocycles. The van der Waals surface area contributed by atoms with Crippen molar-refractivity contribution in [2.24, 2.45) is 0 Å². The summed E-state index contributed by atoms with van der Waals surface area (Å²) in [5.74, 6) is 26.6. The van der Waals surface area contributed by atoms with Crippen molar-refractivity contribution in [1.82, 2.24) is 0 Å². The molecule has 0 amide bonds. The quantitative estimate of drug-likeness (QED) is 0.0600. The van der Waals surface area contributed by atoms with Gasteiger partial charge in [0.2, 0.25) is 0 Å². The van der Waals surface area contributed by atoms with E-state index in [0.717, 1.165) is 109 Å². The Balaban J connectivity index is 0.813. The van der Waals surface area contributed by atoms with Gasteiger partial charge in [-0.15, -0.1) is 0 Å². The van der Waals surface area contributed by atoms with Gasteiger partial charge in [0.15, 0.2) is 0 Å². The molecule has 6 aromatic carbocycles. The van der Waals surface area contributed by atoms with Crippen LogP contribution in [-0.4, -0.2) is 26.4 Å². The molecule has 0 heterocycles. The van der Waals surface area contributed by atoms with E-state index in [2.05, 4.69) is 61.2 Å². The predicted molar refractivity (Wildman–Crippen MR) is 262 cm³/mol. The molecule has 0 atom stereocenters. The van der Waals surface area contributed by atoms with Crippen molar-refractivity contribution >= 4 is 0 Å². The fourth-order valence-electron chi connectivity index (χ4n) is 6.45. The van der Waals surface area contributed by atoms with Crippen LogP contribution < -0.4 is 18.9 Å². The lowest BCUT2D eigenvalue weighted by molar-refractivity contribution is 0.297. The SMILES string of the molecule is CCCCOc1ccc(C#Cc2ccc(C#Cc3ccc(OCCCCCCCCOc4ccc(C#Cc5ccc(C#Cc6ccc(OCCCC)cc6)c(F)c5)cc4)cc3)cc2F)cc1. The van der Waals surface area contributed by atoms with Crippen molar-refractivity contribution in [2.45, 2.75) is 78.1 Å². The third-order valence-corrected chi connectivity index (χ3v) is 10.4. The average molecular weight is 879 g/mol. The molecule has 0 saturated heterocycles. The smallest absolute Gasteiger partial charge is 0.140 e. The summed E-state index contributed by atoms with van der Waals surface area (Å²) in [5, 5.41) is 0. The Hall–Kier alpha value is -7.38. The molecule has 0 fully saturated rings. The molecule has 0 aliphatic carbocycles. The van der Waals surface area contributed by atoms with Gasteiger partial charge >= 0.3 is 0 Å². The Labute approximate surface area is 390 Å². The lowest BCUT2D eigenvalue weighted by Gasteiger charge is -2.07. The van der Waals surface area contributed by atoms with Crippen LogP contribution in [0.15, 0.2) is 133 Å². The predicted octanol–water partition coefficient (Wildman–Crippen LogP) is 13.7. The molecule has 6 heteroatoms. The van der Waals surface area contributed by atoms with E-state index in [9.17, 15) is 8.78 Å². The Morgan fingerprint density at radius 2 is 0.561 bits per heavy atom. The number of halogens is 2. The van der Waals surface area contributed by atoms with E-state index in [4.69, 9.17) is 18.9 Å². The van der Waals surface area contributed by atoms with Crippen LogP contribution in [0.25, 0.3) is 0 Å². The van der Waals surface area contributed by atoms with E-state index in [0.29, 0.717) is 48.7 Å². The third-order valence-electron chi connectivity index (χ3n) is 10.4. The molecular formula is C60H56F2O4. The second-order valence-corrected chi connectivity index (χ2v) is 15.7. The van der Waals surface area contributed by atoms with Gasteiger partial charge in [0, 0.05) is 33.4 Å². The maximum absolute atomic E-state index is 14.8. The molecular weight excluding hydrogens is 823 g/mol. The van der Waals surface area contributed by atoms with Crippen LogP contribution in [0.4, 0.5) is 8.78 Å². The summed E-state index contributed by atoms with van der Waals surface area (Å²) >= 11 is 0. The van der Waals surface area contributed by atoms with Gasteiger partial charge in [-0.05, 0) is 159 Å². The van der Waals surface area contributed by atoms with Crippen LogP contribution in [0.2, 0.25) is 0 Å². The first-order chi connectivity index (χ1) is 32.4. The molecule has 0 aliphatic rings. The van der Waals surface area contributed by atoms with Gasteiger partial charge in [0.25, 0.3) is 0 Å². The maximum Gasteiger partial charge on any atom is 0.140 e. The number of unbranched alkanes of at least 4 members (excludes halogenated alkanes) is 7. The highest BCUT2D eigenvalue weighted by atomic mass is 19.1. The van der Waals surface area contributed by atoms with Gasteiger partial charge in [-0.3, -0.25) is 0 Å². The van der Waals surface area contributed by atoms with Gasteiger partial charge in [0.1, 0.15) is 34.6 Å². The van der Waals surface area contributed by atoms with E-state index in [1.54, 1.807) is 24.3 Å². The highest BCUT2D eigenvalue weighted by Crippen LogP contribution is 2.18. The molecule has 0 bridgehead atoms. The lowest BCUT2D eigenvalue weighted by Crippen LogP contribution is -1.98. The highest BCUT2D eigenvalue weighted by molar-refractivity contribution is 5.51. The van der Waals surface area contributed by atoms with Crippen molar-refractivity contribution in [2.75, 3.05) is 26.4 Å². The highest BCUT2D eigenvalue weighted by Gasteiger charge is 2.03. The van der Waals surface area contributed by atoms with Crippen molar-refractivity contribution < 1.29 is 27.7 Å². The Morgan fingerprint density at radius 3 is 0.864 bits per heavy atom. The number of ether oxygens (including phenoxy) is 4. The van der Waals surface area contributed by atoms with Gasteiger partial charge in [-0.2, -0.15) is 0 Å². The first kappa shape index (κ1) is 48.1. The second-order valence-electron chi connectivity index (χ2n) is 15.7. The average Bonchev–Trinajstić information content (AvgIpc) is 3.34. The summed E-state index contributed by atoms with van der Waals surface area (Å²) in [6.07, 6.45) is 10.7. The number of benzene rings is 6. The largest absolute Gasteiger partial charge is 0.494 e. The Kier molecular flexibility index (Phi) is 19.7. The fraction of sp³-hybridized carbons (Fsp3) is 0.267. The van der Waals surface area contributed by atoms with E-state index >= 15 is 0 Å². The van der Waals surface area contributed by atoms with Gasteiger partial charge in [0.05, 0.1) is 37.6 Å². The van der Waals surface area contributed by atoms with Gasteiger partial charge in [-0.1, -0.05) is 99.7 Å². The minimum absolute atomic E-state index is 0.327. The van der Waals surface area contributed by atoms with Crippen LogP contribution in [-0.2, 0) is 0 Å². The molecule has 66 heavy (non-hydrogen) atoms. The van der Waals surface area contributed by atoms with Crippen LogP contribution in [0.5, 0.6) is 23.0 Å². The normalized spacial score (nSPS) is 10.2. The van der Waals surface area contributed by atoms with E-state index < -0.39 is 11.6 Å². The molecule has 4 nitrogen and oxygen atoms in total. The summed E-state index contributed by atoms with van der Waals surface area (Å²) in [7, 11) is 0. The zero-order chi connectivity index (χ0) is 46.0. The molecule has 0 spiro atoms.